The van der Waals surface area contributed by atoms with E-state index in [1.54, 1.807) is 0 Å². The van der Waals surface area contributed by atoms with Crippen molar-refractivity contribution < 1.29 is 5.11 Å². The lowest BCUT2D eigenvalue weighted by atomic mass is 10.1. The highest BCUT2D eigenvalue weighted by atomic mass is 16.3. The molecule has 2 heterocycles. The SMILES string of the molecule is Cc1nccn1CCCN1CCCC(O)C1. The van der Waals surface area contributed by atoms with Crippen molar-refractivity contribution in [2.75, 3.05) is 19.6 Å². The summed E-state index contributed by atoms with van der Waals surface area (Å²) < 4.78 is 2.18. The molecule has 4 heteroatoms. The van der Waals surface area contributed by atoms with E-state index < -0.39 is 0 Å². The van der Waals surface area contributed by atoms with Crippen LogP contribution in [0.4, 0.5) is 0 Å². The molecule has 1 unspecified atom stereocenters. The number of aromatic nitrogens is 2. The molecule has 1 aliphatic rings. The molecule has 1 saturated heterocycles. The van der Waals surface area contributed by atoms with Crippen LogP contribution in [0.1, 0.15) is 25.1 Å². The normalized spacial score (nSPS) is 22.5. The first-order chi connectivity index (χ1) is 7.75. The highest BCUT2D eigenvalue weighted by Gasteiger charge is 2.16. The Hall–Kier alpha value is -0.870. The Bertz CT molecular complexity index is 324. The Morgan fingerprint density at radius 2 is 2.38 bits per heavy atom. The van der Waals surface area contributed by atoms with E-state index in [4.69, 9.17) is 0 Å². The predicted octanol–water partition coefficient (Wildman–Crippen LogP) is 1.04. The van der Waals surface area contributed by atoms with Gasteiger partial charge >= 0.3 is 0 Å². The molecule has 0 aromatic carbocycles. The molecular formula is C12H21N3O. The van der Waals surface area contributed by atoms with Gasteiger partial charge in [0.2, 0.25) is 0 Å². The average molecular weight is 223 g/mol. The van der Waals surface area contributed by atoms with Gasteiger partial charge in [-0.15, -0.1) is 0 Å². The van der Waals surface area contributed by atoms with Crippen molar-refractivity contribution in [3.63, 3.8) is 0 Å². The first kappa shape index (κ1) is 11.6. The fourth-order valence-corrected chi connectivity index (χ4v) is 2.34. The number of nitrogens with zero attached hydrogens (tertiary/aromatic N) is 3. The van der Waals surface area contributed by atoms with Gasteiger partial charge in [-0.05, 0) is 39.3 Å². The van der Waals surface area contributed by atoms with Crippen molar-refractivity contribution in [2.45, 2.75) is 38.8 Å². The van der Waals surface area contributed by atoms with Crippen molar-refractivity contribution in [3.8, 4) is 0 Å². The third-order valence-electron chi connectivity index (χ3n) is 3.28. The van der Waals surface area contributed by atoms with Gasteiger partial charge in [-0.1, -0.05) is 0 Å². The lowest BCUT2D eigenvalue weighted by molar-refractivity contribution is 0.0695. The minimum atomic E-state index is -0.108. The Morgan fingerprint density at radius 1 is 1.50 bits per heavy atom. The van der Waals surface area contributed by atoms with E-state index in [0.717, 1.165) is 51.3 Å². The van der Waals surface area contributed by atoms with E-state index in [1.807, 2.05) is 19.3 Å². The first-order valence-electron chi connectivity index (χ1n) is 6.14. The zero-order valence-corrected chi connectivity index (χ0v) is 9.97. The fraction of sp³-hybridized carbons (Fsp3) is 0.750. The van der Waals surface area contributed by atoms with E-state index in [1.165, 1.54) is 0 Å². The lowest BCUT2D eigenvalue weighted by Gasteiger charge is -2.29. The van der Waals surface area contributed by atoms with Crippen molar-refractivity contribution >= 4 is 0 Å². The molecule has 90 valence electrons. The van der Waals surface area contributed by atoms with Gasteiger partial charge in [0.15, 0.2) is 0 Å². The van der Waals surface area contributed by atoms with Gasteiger partial charge < -0.3 is 14.6 Å². The quantitative estimate of drug-likeness (QED) is 0.829. The molecule has 1 aliphatic heterocycles. The minimum Gasteiger partial charge on any atom is -0.392 e. The Labute approximate surface area is 96.9 Å². The van der Waals surface area contributed by atoms with E-state index in [0.29, 0.717) is 0 Å². The third-order valence-corrected chi connectivity index (χ3v) is 3.28. The number of likely N-dealkylation sites (tertiary alicyclic amines) is 1. The molecule has 1 fully saturated rings. The third kappa shape index (κ3) is 3.06. The van der Waals surface area contributed by atoms with Gasteiger partial charge in [-0.25, -0.2) is 4.98 Å². The molecule has 0 spiro atoms. The number of rotatable bonds is 4. The minimum absolute atomic E-state index is 0.108. The standard InChI is InChI=1S/C12H21N3O/c1-11-13-5-9-15(11)8-3-7-14-6-2-4-12(16)10-14/h5,9,12,16H,2-4,6-8,10H2,1H3. The van der Waals surface area contributed by atoms with Crippen molar-refractivity contribution in [1.82, 2.24) is 14.5 Å². The number of β-amino-alcohol motifs (C(OH)–C–C–N with tert-alkyl or cyclic N) is 1. The molecule has 1 aromatic heterocycles. The van der Waals surface area contributed by atoms with E-state index in [9.17, 15) is 5.11 Å². The fourth-order valence-electron chi connectivity index (χ4n) is 2.34. The summed E-state index contributed by atoms with van der Waals surface area (Å²) in [7, 11) is 0. The largest absolute Gasteiger partial charge is 0.392 e. The Kier molecular flexibility index (Phi) is 3.96. The van der Waals surface area contributed by atoms with E-state index in [-0.39, 0.29) is 6.10 Å². The molecule has 0 saturated carbocycles. The molecule has 1 N–H and O–H groups in total. The van der Waals surface area contributed by atoms with Crippen LogP contribution in [0, 0.1) is 6.92 Å². The number of aliphatic hydroxyl groups excluding tert-OH is 1. The molecule has 1 atom stereocenters. The summed E-state index contributed by atoms with van der Waals surface area (Å²) in [5.41, 5.74) is 0. The smallest absolute Gasteiger partial charge is 0.105 e. The molecule has 2 rings (SSSR count). The number of hydrogen-bond acceptors (Lipinski definition) is 3. The highest BCUT2D eigenvalue weighted by molar-refractivity contribution is 4.88. The summed E-state index contributed by atoms with van der Waals surface area (Å²) in [6, 6.07) is 0. The summed E-state index contributed by atoms with van der Waals surface area (Å²) >= 11 is 0. The maximum atomic E-state index is 9.55. The first-order valence-corrected chi connectivity index (χ1v) is 6.14. The van der Waals surface area contributed by atoms with Crippen LogP contribution in [0.2, 0.25) is 0 Å². The molecule has 1 aromatic rings. The summed E-state index contributed by atoms with van der Waals surface area (Å²) in [6.45, 7) is 6.13. The van der Waals surface area contributed by atoms with Gasteiger partial charge in [-0.2, -0.15) is 0 Å². The summed E-state index contributed by atoms with van der Waals surface area (Å²) in [5, 5.41) is 9.55. The van der Waals surface area contributed by atoms with Crippen LogP contribution in [0.3, 0.4) is 0 Å². The molecule has 0 aliphatic carbocycles. The molecule has 16 heavy (non-hydrogen) atoms. The van der Waals surface area contributed by atoms with Crippen molar-refractivity contribution in [1.29, 1.82) is 0 Å². The van der Waals surface area contributed by atoms with Gasteiger partial charge in [0.25, 0.3) is 0 Å². The number of piperidine rings is 1. The number of imidazole rings is 1. The number of aliphatic hydroxyl groups is 1. The van der Waals surface area contributed by atoms with Crippen LogP contribution in [0.5, 0.6) is 0 Å². The second kappa shape index (κ2) is 5.46. The molecule has 4 nitrogen and oxygen atoms in total. The lowest BCUT2D eigenvalue weighted by Crippen LogP contribution is -2.38. The van der Waals surface area contributed by atoms with Crippen LogP contribution in [-0.2, 0) is 6.54 Å². The van der Waals surface area contributed by atoms with Crippen LogP contribution in [0.25, 0.3) is 0 Å². The van der Waals surface area contributed by atoms with Crippen LogP contribution in [0.15, 0.2) is 12.4 Å². The second-order valence-electron chi connectivity index (χ2n) is 4.62. The molecule has 0 radical (unpaired) electrons. The van der Waals surface area contributed by atoms with Gasteiger partial charge in [0, 0.05) is 25.5 Å². The zero-order valence-electron chi connectivity index (χ0n) is 9.97. The van der Waals surface area contributed by atoms with Crippen molar-refractivity contribution in [2.24, 2.45) is 0 Å². The van der Waals surface area contributed by atoms with Crippen LogP contribution < -0.4 is 0 Å². The van der Waals surface area contributed by atoms with Crippen molar-refractivity contribution in [3.05, 3.63) is 18.2 Å². The van der Waals surface area contributed by atoms with Crippen LogP contribution >= 0.6 is 0 Å². The highest BCUT2D eigenvalue weighted by Crippen LogP contribution is 2.10. The monoisotopic (exact) mass is 223 g/mol. The van der Waals surface area contributed by atoms with E-state index >= 15 is 0 Å². The van der Waals surface area contributed by atoms with Gasteiger partial charge in [-0.3, -0.25) is 0 Å². The Morgan fingerprint density at radius 3 is 3.06 bits per heavy atom. The summed E-state index contributed by atoms with van der Waals surface area (Å²) in [5.74, 6) is 1.08. The maximum Gasteiger partial charge on any atom is 0.105 e. The van der Waals surface area contributed by atoms with Gasteiger partial charge in [0.05, 0.1) is 6.10 Å². The molecule has 0 bridgehead atoms. The maximum absolute atomic E-state index is 9.55. The average Bonchev–Trinajstić information content (AvgIpc) is 2.65. The van der Waals surface area contributed by atoms with E-state index in [2.05, 4.69) is 14.5 Å². The summed E-state index contributed by atoms with van der Waals surface area (Å²) in [6.07, 6.45) is 7.00. The molecular weight excluding hydrogens is 202 g/mol. The van der Waals surface area contributed by atoms with Gasteiger partial charge in [0.1, 0.15) is 5.82 Å². The number of hydrogen-bond donors (Lipinski definition) is 1. The Balaban J connectivity index is 1.70. The number of aryl methyl sites for hydroxylation is 2. The zero-order chi connectivity index (χ0) is 11.4. The predicted molar refractivity (Wildman–Crippen MR) is 63.3 cm³/mol. The second-order valence-corrected chi connectivity index (χ2v) is 4.62. The van der Waals surface area contributed by atoms with Crippen LogP contribution in [-0.4, -0.2) is 45.3 Å². The summed E-state index contributed by atoms with van der Waals surface area (Å²) in [4.78, 5) is 6.56. The topological polar surface area (TPSA) is 41.3 Å². The molecule has 0 amide bonds.